The number of rotatable bonds is 2. The van der Waals surface area contributed by atoms with Crippen molar-refractivity contribution < 1.29 is 5.11 Å². The van der Waals surface area contributed by atoms with Gasteiger partial charge in [0.15, 0.2) is 0 Å². The van der Waals surface area contributed by atoms with Crippen LogP contribution in [0.15, 0.2) is 24.5 Å². The van der Waals surface area contributed by atoms with E-state index < -0.39 is 5.60 Å². The number of pyridine rings is 1. The van der Waals surface area contributed by atoms with Gasteiger partial charge in [-0.3, -0.25) is 9.88 Å². The maximum Gasteiger partial charge on any atom is 0.0922 e. The second kappa shape index (κ2) is 4.60. The minimum atomic E-state index is -0.651. The molecule has 0 atom stereocenters. The van der Waals surface area contributed by atoms with E-state index in [4.69, 9.17) is 0 Å². The van der Waals surface area contributed by atoms with Crippen LogP contribution in [0.2, 0.25) is 0 Å². The maximum absolute atomic E-state index is 10.5. The smallest absolute Gasteiger partial charge is 0.0922 e. The van der Waals surface area contributed by atoms with Gasteiger partial charge >= 0.3 is 0 Å². The number of halogens is 1. The lowest BCUT2D eigenvalue weighted by molar-refractivity contribution is -0.0214. The minimum Gasteiger partial charge on any atom is -0.385 e. The number of aliphatic hydroxyl groups is 1. The number of piperidine rings is 1. The topological polar surface area (TPSA) is 36.4 Å². The fraction of sp³-hybridized carbons (Fsp3) is 0.545. The van der Waals surface area contributed by atoms with Crippen molar-refractivity contribution in [1.82, 2.24) is 9.88 Å². The standard InChI is InChI=1S/C11H15BrN2O/c12-9-14-7-3-11(15,4-8-14)10-1-5-13-6-2-10/h1-2,5-6,15H,3-4,7-9H2. The summed E-state index contributed by atoms with van der Waals surface area (Å²) >= 11 is 3.44. The first-order chi connectivity index (χ1) is 7.24. The highest BCUT2D eigenvalue weighted by atomic mass is 79.9. The van der Waals surface area contributed by atoms with Crippen molar-refractivity contribution >= 4 is 15.9 Å². The molecule has 1 aromatic rings. The van der Waals surface area contributed by atoms with Gasteiger partial charge in [-0.15, -0.1) is 0 Å². The van der Waals surface area contributed by atoms with Crippen LogP contribution >= 0.6 is 15.9 Å². The molecule has 4 heteroatoms. The average Bonchev–Trinajstić information content (AvgIpc) is 2.31. The maximum atomic E-state index is 10.5. The van der Waals surface area contributed by atoms with Gasteiger partial charge in [-0.25, -0.2) is 0 Å². The van der Waals surface area contributed by atoms with E-state index in [1.807, 2.05) is 12.1 Å². The van der Waals surface area contributed by atoms with Crippen molar-refractivity contribution in [3.8, 4) is 0 Å². The Kier molecular flexibility index (Phi) is 3.38. The fourth-order valence-corrected chi connectivity index (χ4v) is 2.49. The lowest BCUT2D eigenvalue weighted by Crippen LogP contribution is -2.41. The van der Waals surface area contributed by atoms with E-state index in [0.717, 1.165) is 36.9 Å². The van der Waals surface area contributed by atoms with Crippen LogP contribution in [0, 0.1) is 0 Å². The summed E-state index contributed by atoms with van der Waals surface area (Å²) < 4.78 is 0. The van der Waals surface area contributed by atoms with E-state index in [0.29, 0.717) is 0 Å². The molecule has 1 saturated heterocycles. The zero-order chi connectivity index (χ0) is 10.7. The summed E-state index contributed by atoms with van der Waals surface area (Å²) in [4.78, 5) is 6.26. The Balaban J connectivity index is 2.10. The Morgan fingerprint density at radius 1 is 1.33 bits per heavy atom. The van der Waals surface area contributed by atoms with Gasteiger partial charge in [0.2, 0.25) is 0 Å². The van der Waals surface area contributed by atoms with Crippen LogP contribution in [0.4, 0.5) is 0 Å². The molecule has 0 bridgehead atoms. The highest BCUT2D eigenvalue weighted by Gasteiger charge is 2.33. The third kappa shape index (κ3) is 2.38. The molecule has 1 fully saturated rings. The molecule has 2 heterocycles. The third-order valence-electron chi connectivity index (χ3n) is 3.07. The van der Waals surface area contributed by atoms with Crippen molar-refractivity contribution in [1.29, 1.82) is 0 Å². The Morgan fingerprint density at radius 2 is 1.93 bits per heavy atom. The number of aromatic nitrogens is 1. The molecule has 0 aliphatic carbocycles. The quantitative estimate of drug-likeness (QED) is 0.657. The lowest BCUT2D eigenvalue weighted by atomic mass is 9.85. The lowest BCUT2D eigenvalue weighted by Gasteiger charge is -2.37. The highest BCUT2D eigenvalue weighted by molar-refractivity contribution is 9.09. The van der Waals surface area contributed by atoms with Gasteiger partial charge < -0.3 is 5.11 Å². The van der Waals surface area contributed by atoms with Gasteiger partial charge in [0, 0.05) is 25.5 Å². The van der Waals surface area contributed by atoms with Crippen molar-refractivity contribution in [2.75, 3.05) is 18.5 Å². The third-order valence-corrected chi connectivity index (χ3v) is 3.78. The van der Waals surface area contributed by atoms with Gasteiger partial charge in [0.05, 0.1) is 11.1 Å². The zero-order valence-corrected chi connectivity index (χ0v) is 10.2. The Morgan fingerprint density at radius 3 is 2.47 bits per heavy atom. The molecule has 15 heavy (non-hydrogen) atoms. The molecular formula is C11H15BrN2O. The summed E-state index contributed by atoms with van der Waals surface area (Å²) in [5.74, 6) is 0. The fourth-order valence-electron chi connectivity index (χ4n) is 1.99. The van der Waals surface area contributed by atoms with Crippen molar-refractivity contribution in [2.45, 2.75) is 18.4 Å². The molecule has 3 nitrogen and oxygen atoms in total. The summed E-state index contributed by atoms with van der Waals surface area (Å²) in [5, 5.41) is 10.5. The molecule has 0 saturated carbocycles. The molecule has 1 aromatic heterocycles. The molecule has 1 aliphatic heterocycles. The number of likely N-dealkylation sites (tertiary alicyclic amines) is 1. The van der Waals surface area contributed by atoms with Gasteiger partial charge in [0.25, 0.3) is 0 Å². The molecule has 0 amide bonds. The monoisotopic (exact) mass is 270 g/mol. The highest BCUT2D eigenvalue weighted by Crippen LogP contribution is 2.32. The van der Waals surface area contributed by atoms with Gasteiger partial charge in [0.1, 0.15) is 0 Å². The molecule has 0 spiro atoms. The number of alkyl halides is 1. The van der Waals surface area contributed by atoms with Gasteiger partial charge in [-0.1, -0.05) is 15.9 Å². The molecule has 1 aliphatic rings. The summed E-state index contributed by atoms with van der Waals surface area (Å²) in [6.45, 7) is 1.87. The first-order valence-corrected chi connectivity index (χ1v) is 6.28. The SMILES string of the molecule is OC1(c2ccncc2)CCN(CBr)CC1. The zero-order valence-electron chi connectivity index (χ0n) is 8.56. The predicted molar refractivity (Wildman–Crippen MR) is 62.7 cm³/mol. The van der Waals surface area contributed by atoms with E-state index in [9.17, 15) is 5.11 Å². The molecule has 2 rings (SSSR count). The van der Waals surface area contributed by atoms with E-state index in [2.05, 4.69) is 25.8 Å². The molecule has 0 radical (unpaired) electrons. The van der Waals surface area contributed by atoms with Crippen molar-refractivity contribution in [3.05, 3.63) is 30.1 Å². The molecule has 1 N–H and O–H groups in total. The van der Waals surface area contributed by atoms with Crippen LogP contribution in [0.5, 0.6) is 0 Å². The number of nitrogens with zero attached hydrogens (tertiary/aromatic N) is 2. The van der Waals surface area contributed by atoms with Crippen molar-refractivity contribution in [3.63, 3.8) is 0 Å². The summed E-state index contributed by atoms with van der Waals surface area (Å²) in [7, 11) is 0. The van der Waals surface area contributed by atoms with E-state index >= 15 is 0 Å². The molecule has 82 valence electrons. The van der Waals surface area contributed by atoms with Crippen LogP contribution in [0.3, 0.4) is 0 Å². The number of hydrogen-bond acceptors (Lipinski definition) is 3. The average molecular weight is 271 g/mol. The van der Waals surface area contributed by atoms with Crippen molar-refractivity contribution in [2.24, 2.45) is 0 Å². The van der Waals surface area contributed by atoms with Crippen LogP contribution in [0.1, 0.15) is 18.4 Å². The first kappa shape index (κ1) is 11.0. The first-order valence-electron chi connectivity index (χ1n) is 5.16. The molecule has 0 unspecified atom stereocenters. The second-order valence-electron chi connectivity index (χ2n) is 4.01. The van der Waals surface area contributed by atoms with Gasteiger partial charge in [-0.2, -0.15) is 0 Å². The van der Waals surface area contributed by atoms with Crippen LogP contribution in [-0.2, 0) is 5.60 Å². The van der Waals surface area contributed by atoms with Gasteiger partial charge in [-0.05, 0) is 30.5 Å². The Labute approximate surface area is 98.3 Å². The van der Waals surface area contributed by atoms with Crippen LogP contribution in [0.25, 0.3) is 0 Å². The summed E-state index contributed by atoms with van der Waals surface area (Å²) in [6, 6.07) is 3.81. The Hall–Kier alpha value is -0.450. The van der Waals surface area contributed by atoms with E-state index in [-0.39, 0.29) is 0 Å². The van der Waals surface area contributed by atoms with Crippen LogP contribution < -0.4 is 0 Å². The molecular weight excluding hydrogens is 256 g/mol. The number of hydrogen-bond donors (Lipinski definition) is 1. The summed E-state index contributed by atoms with van der Waals surface area (Å²) in [5.41, 5.74) is 1.23. The van der Waals surface area contributed by atoms with E-state index in [1.54, 1.807) is 12.4 Å². The normalized spacial score (nSPS) is 21.5. The summed E-state index contributed by atoms with van der Waals surface area (Å²) in [6.07, 6.45) is 5.07. The predicted octanol–water partition coefficient (Wildman–Crippen LogP) is 1.72. The largest absolute Gasteiger partial charge is 0.385 e. The molecule has 0 aromatic carbocycles. The van der Waals surface area contributed by atoms with Crippen LogP contribution in [-0.4, -0.2) is 33.5 Å². The van der Waals surface area contributed by atoms with E-state index in [1.165, 1.54) is 0 Å². The second-order valence-corrected chi connectivity index (χ2v) is 4.51. The Bertz CT molecular complexity index is 310. The minimum absolute atomic E-state index is 0.651.